The fourth-order valence-corrected chi connectivity index (χ4v) is 1.02. The van der Waals surface area contributed by atoms with Crippen LogP contribution in [-0.2, 0) is 4.79 Å². The van der Waals surface area contributed by atoms with Crippen LogP contribution in [0, 0.1) is 12.3 Å². The zero-order valence-corrected chi connectivity index (χ0v) is 9.58. The third-order valence-electron chi connectivity index (χ3n) is 2.24. The lowest BCUT2D eigenvalue weighted by molar-refractivity contribution is -0.208. The number of hydrogen-bond acceptors (Lipinski definition) is 3. The van der Waals surface area contributed by atoms with Gasteiger partial charge in [-0.2, -0.15) is 13.2 Å². The van der Waals surface area contributed by atoms with Gasteiger partial charge in [0.25, 0.3) is 0 Å². The lowest BCUT2D eigenvalue weighted by atomic mass is 10.2. The molecule has 0 spiro atoms. The Bertz CT molecular complexity index is 299. The Morgan fingerprint density at radius 3 is 2.53 bits per heavy atom. The third kappa shape index (κ3) is 5.56. The highest BCUT2D eigenvalue weighted by molar-refractivity contribution is 5.81. The second kappa shape index (κ2) is 6.47. The zero-order chi connectivity index (χ0) is 13.6. The number of amides is 1. The standard InChI is InChI=1S/C10H15F3N2O2/c1-4-5-14-9(17)7(2)15(3)6-8(16)10(11,12)13/h1,7-8,16H,5-6H2,2-3H3,(H,14,17). The van der Waals surface area contributed by atoms with Gasteiger partial charge in [-0.3, -0.25) is 9.69 Å². The minimum atomic E-state index is -4.69. The summed E-state index contributed by atoms with van der Waals surface area (Å²) >= 11 is 0. The van der Waals surface area contributed by atoms with Gasteiger partial charge in [0.1, 0.15) is 0 Å². The first-order valence-electron chi connectivity index (χ1n) is 4.86. The van der Waals surface area contributed by atoms with Crippen molar-refractivity contribution in [2.24, 2.45) is 0 Å². The van der Waals surface area contributed by atoms with Crippen molar-refractivity contribution in [1.29, 1.82) is 0 Å². The summed E-state index contributed by atoms with van der Waals surface area (Å²) < 4.78 is 36.2. The van der Waals surface area contributed by atoms with Gasteiger partial charge in [-0.05, 0) is 14.0 Å². The molecule has 2 unspecified atom stereocenters. The number of terminal acetylenes is 1. The van der Waals surface area contributed by atoms with E-state index in [2.05, 4.69) is 11.2 Å². The highest BCUT2D eigenvalue weighted by Crippen LogP contribution is 2.20. The van der Waals surface area contributed by atoms with Gasteiger partial charge in [0.05, 0.1) is 12.6 Å². The van der Waals surface area contributed by atoms with Crippen LogP contribution in [0.5, 0.6) is 0 Å². The van der Waals surface area contributed by atoms with Crippen molar-refractivity contribution >= 4 is 5.91 Å². The van der Waals surface area contributed by atoms with E-state index < -0.39 is 30.8 Å². The molecule has 2 atom stereocenters. The summed E-state index contributed by atoms with van der Waals surface area (Å²) in [6, 6.07) is -0.805. The lowest BCUT2D eigenvalue weighted by Crippen LogP contribution is -2.48. The van der Waals surface area contributed by atoms with E-state index in [1.165, 1.54) is 14.0 Å². The number of nitrogens with zero attached hydrogens (tertiary/aromatic N) is 1. The number of hydrogen-bond donors (Lipinski definition) is 2. The van der Waals surface area contributed by atoms with Gasteiger partial charge in [0, 0.05) is 6.54 Å². The van der Waals surface area contributed by atoms with E-state index >= 15 is 0 Å². The Kier molecular flexibility index (Phi) is 5.99. The molecule has 0 heterocycles. The highest BCUT2D eigenvalue weighted by atomic mass is 19.4. The van der Waals surface area contributed by atoms with Gasteiger partial charge >= 0.3 is 6.18 Å². The second-order valence-electron chi connectivity index (χ2n) is 3.59. The lowest BCUT2D eigenvalue weighted by Gasteiger charge is -2.26. The Balaban J connectivity index is 4.27. The number of alkyl halides is 3. The topological polar surface area (TPSA) is 52.6 Å². The van der Waals surface area contributed by atoms with Gasteiger partial charge in [0.15, 0.2) is 6.10 Å². The zero-order valence-electron chi connectivity index (χ0n) is 9.58. The van der Waals surface area contributed by atoms with Crippen LogP contribution in [0.15, 0.2) is 0 Å². The SMILES string of the molecule is C#CCNC(=O)C(C)N(C)CC(O)C(F)(F)F. The second-order valence-corrected chi connectivity index (χ2v) is 3.59. The van der Waals surface area contributed by atoms with Gasteiger partial charge in [-0.1, -0.05) is 5.92 Å². The van der Waals surface area contributed by atoms with Crippen molar-refractivity contribution in [3.63, 3.8) is 0 Å². The Morgan fingerprint density at radius 2 is 2.12 bits per heavy atom. The number of rotatable bonds is 5. The minimum absolute atomic E-state index is 0.0127. The van der Waals surface area contributed by atoms with E-state index in [1.54, 1.807) is 0 Å². The quantitative estimate of drug-likeness (QED) is 0.676. The molecule has 0 aliphatic rings. The molecule has 0 aliphatic heterocycles. The number of nitrogens with one attached hydrogen (secondary N) is 1. The fourth-order valence-electron chi connectivity index (χ4n) is 1.02. The predicted molar refractivity (Wildman–Crippen MR) is 56.0 cm³/mol. The third-order valence-corrected chi connectivity index (χ3v) is 2.24. The maximum Gasteiger partial charge on any atom is 0.415 e. The first-order valence-corrected chi connectivity index (χ1v) is 4.86. The summed E-state index contributed by atoms with van der Waals surface area (Å²) in [5.74, 6) is 1.69. The molecular weight excluding hydrogens is 237 g/mol. The number of carbonyl (C=O) groups is 1. The molecule has 2 N–H and O–H groups in total. The van der Waals surface area contributed by atoms with Crippen molar-refractivity contribution in [2.75, 3.05) is 20.1 Å². The molecule has 0 aromatic rings. The van der Waals surface area contributed by atoms with Crippen LogP contribution in [0.1, 0.15) is 6.92 Å². The molecule has 0 saturated heterocycles. The molecule has 0 saturated carbocycles. The summed E-state index contributed by atoms with van der Waals surface area (Å²) in [5.41, 5.74) is 0. The van der Waals surface area contributed by atoms with E-state index in [-0.39, 0.29) is 6.54 Å². The molecule has 0 aromatic heterocycles. The van der Waals surface area contributed by atoms with Crippen LogP contribution in [0.3, 0.4) is 0 Å². The normalized spacial score (nSPS) is 15.2. The maximum absolute atomic E-state index is 12.1. The Hall–Kier alpha value is -1.26. The average molecular weight is 252 g/mol. The predicted octanol–water partition coefficient (Wildman–Crippen LogP) is -0.0207. The van der Waals surface area contributed by atoms with Crippen molar-refractivity contribution in [3.05, 3.63) is 0 Å². The number of aliphatic hydroxyl groups is 1. The van der Waals surface area contributed by atoms with E-state index in [0.717, 1.165) is 4.90 Å². The average Bonchev–Trinajstić information content (AvgIpc) is 2.23. The Labute approximate surface area is 97.8 Å². The number of aliphatic hydroxyl groups excluding tert-OH is 1. The summed E-state index contributed by atoms with van der Waals surface area (Å²) in [6.07, 6.45) is -2.24. The van der Waals surface area contributed by atoms with Crippen LogP contribution in [-0.4, -0.2) is 54.4 Å². The van der Waals surface area contributed by atoms with Crippen molar-refractivity contribution in [1.82, 2.24) is 10.2 Å². The largest absolute Gasteiger partial charge is 0.415 e. The summed E-state index contributed by atoms with van der Waals surface area (Å²) in [4.78, 5) is 12.5. The molecular formula is C10H15F3N2O2. The maximum atomic E-state index is 12.1. The number of halogens is 3. The van der Waals surface area contributed by atoms with E-state index in [4.69, 9.17) is 11.5 Å². The first kappa shape index (κ1) is 15.7. The molecule has 1 amide bonds. The fraction of sp³-hybridized carbons (Fsp3) is 0.700. The summed E-state index contributed by atoms with van der Waals surface area (Å²) in [7, 11) is 1.31. The minimum Gasteiger partial charge on any atom is -0.382 e. The Morgan fingerprint density at radius 1 is 1.59 bits per heavy atom. The molecule has 4 nitrogen and oxygen atoms in total. The van der Waals surface area contributed by atoms with Gasteiger partial charge < -0.3 is 10.4 Å². The van der Waals surface area contributed by atoms with Crippen molar-refractivity contribution in [2.45, 2.75) is 25.2 Å². The molecule has 0 aromatic carbocycles. The summed E-state index contributed by atoms with van der Waals surface area (Å²) in [5, 5.41) is 11.2. The monoisotopic (exact) mass is 252 g/mol. The van der Waals surface area contributed by atoms with Crippen LogP contribution in [0.4, 0.5) is 13.2 Å². The summed E-state index contributed by atoms with van der Waals surface area (Å²) in [6.45, 7) is 0.766. The molecule has 0 radical (unpaired) electrons. The molecule has 0 fully saturated rings. The van der Waals surface area contributed by atoms with Gasteiger partial charge in [0.2, 0.25) is 5.91 Å². The van der Waals surface area contributed by atoms with Crippen molar-refractivity contribution in [3.8, 4) is 12.3 Å². The molecule has 98 valence electrons. The first-order chi connectivity index (χ1) is 7.70. The molecule has 17 heavy (non-hydrogen) atoms. The molecule has 0 aliphatic carbocycles. The van der Waals surface area contributed by atoms with Crippen molar-refractivity contribution < 1.29 is 23.1 Å². The molecule has 7 heteroatoms. The van der Waals surface area contributed by atoms with Gasteiger partial charge in [-0.15, -0.1) is 6.42 Å². The highest BCUT2D eigenvalue weighted by Gasteiger charge is 2.39. The van der Waals surface area contributed by atoms with E-state index in [1.807, 2.05) is 0 Å². The van der Waals surface area contributed by atoms with Crippen LogP contribution < -0.4 is 5.32 Å². The number of likely N-dealkylation sites (N-methyl/N-ethyl adjacent to an activating group) is 1. The molecule has 0 rings (SSSR count). The van der Waals surface area contributed by atoms with Gasteiger partial charge in [-0.25, -0.2) is 0 Å². The van der Waals surface area contributed by atoms with Crippen LogP contribution >= 0.6 is 0 Å². The smallest absolute Gasteiger partial charge is 0.382 e. The number of carbonyl (C=O) groups excluding carboxylic acids is 1. The van der Waals surface area contributed by atoms with Crippen LogP contribution in [0.2, 0.25) is 0 Å². The molecule has 0 bridgehead atoms. The van der Waals surface area contributed by atoms with E-state index in [9.17, 15) is 18.0 Å². The van der Waals surface area contributed by atoms with E-state index in [0.29, 0.717) is 0 Å². The van der Waals surface area contributed by atoms with Crippen LogP contribution in [0.25, 0.3) is 0 Å².